The van der Waals surface area contributed by atoms with E-state index in [0.29, 0.717) is 11.9 Å². The summed E-state index contributed by atoms with van der Waals surface area (Å²) in [5.41, 5.74) is 3.51. The first-order valence-corrected chi connectivity index (χ1v) is 6.66. The topological polar surface area (TPSA) is 70.3 Å². The van der Waals surface area contributed by atoms with Crippen molar-refractivity contribution in [1.82, 2.24) is 19.8 Å². The van der Waals surface area contributed by atoms with Crippen LogP contribution in [0.25, 0.3) is 0 Å². The van der Waals surface area contributed by atoms with Gasteiger partial charge in [-0.2, -0.15) is 0 Å². The van der Waals surface area contributed by atoms with Crippen molar-refractivity contribution in [1.29, 1.82) is 0 Å². The number of nitrogens with zero attached hydrogens (tertiary/aromatic N) is 4. The molecule has 3 N–H and O–H groups in total. The zero-order chi connectivity index (χ0) is 14.4. The summed E-state index contributed by atoms with van der Waals surface area (Å²) in [4.78, 5) is 13.4. The minimum atomic E-state index is 0.457. The highest BCUT2D eigenvalue weighted by molar-refractivity contribution is 5.33. The van der Waals surface area contributed by atoms with Crippen LogP contribution in [0.5, 0.6) is 0 Å². The molecule has 0 saturated heterocycles. The van der Waals surface area contributed by atoms with Crippen LogP contribution in [-0.4, -0.2) is 53.0 Å². The second-order valence-electron chi connectivity index (χ2n) is 5.13. The second kappa shape index (κ2) is 7.37. The van der Waals surface area contributed by atoms with Crippen LogP contribution in [0.2, 0.25) is 0 Å². The van der Waals surface area contributed by atoms with Gasteiger partial charge in [-0.15, -0.1) is 0 Å². The SMILES string of the molecule is CCN(Cc1nc(C)cc(NN)n1)C(C)CN(C)C. The molecule has 0 aliphatic rings. The lowest BCUT2D eigenvalue weighted by molar-refractivity contribution is 0.170. The smallest absolute Gasteiger partial charge is 0.145 e. The molecule has 108 valence electrons. The Balaban J connectivity index is 2.77. The van der Waals surface area contributed by atoms with Crippen molar-refractivity contribution in [2.75, 3.05) is 32.6 Å². The minimum absolute atomic E-state index is 0.457. The Bertz CT molecular complexity index is 393. The predicted octanol–water partition coefficient (Wildman–Crippen LogP) is 0.843. The van der Waals surface area contributed by atoms with Gasteiger partial charge in [0.1, 0.15) is 11.6 Å². The molecule has 1 atom stereocenters. The first kappa shape index (κ1) is 15.8. The van der Waals surface area contributed by atoms with Crippen LogP contribution in [0, 0.1) is 6.92 Å². The molecule has 6 nitrogen and oxygen atoms in total. The number of aromatic nitrogens is 2. The van der Waals surface area contributed by atoms with E-state index in [-0.39, 0.29) is 0 Å². The monoisotopic (exact) mass is 266 g/mol. The second-order valence-corrected chi connectivity index (χ2v) is 5.13. The molecular formula is C13H26N6. The van der Waals surface area contributed by atoms with E-state index >= 15 is 0 Å². The molecular weight excluding hydrogens is 240 g/mol. The van der Waals surface area contributed by atoms with Crippen LogP contribution in [0.3, 0.4) is 0 Å². The number of anilines is 1. The van der Waals surface area contributed by atoms with Crippen molar-refractivity contribution in [3.05, 3.63) is 17.6 Å². The number of rotatable bonds is 7. The van der Waals surface area contributed by atoms with Crippen LogP contribution in [-0.2, 0) is 6.54 Å². The van der Waals surface area contributed by atoms with E-state index in [1.165, 1.54) is 0 Å². The fourth-order valence-electron chi connectivity index (χ4n) is 2.18. The van der Waals surface area contributed by atoms with Crippen molar-refractivity contribution in [2.24, 2.45) is 5.84 Å². The molecule has 0 bridgehead atoms. The van der Waals surface area contributed by atoms with E-state index in [2.05, 4.69) is 53.1 Å². The quantitative estimate of drug-likeness (QED) is 0.563. The highest BCUT2D eigenvalue weighted by Gasteiger charge is 2.15. The highest BCUT2D eigenvalue weighted by atomic mass is 15.3. The Hall–Kier alpha value is -1.24. The first-order chi connectivity index (χ1) is 8.96. The van der Waals surface area contributed by atoms with E-state index < -0.39 is 0 Å². The van der Waals surface area contributed by atoms with Gasteiger partial charge in [-0.1, -0.05) is 6.92 Å². The van der Waals surface area contributed by atoms with E-state index in [4.69, 9.17) is 5.84 Å². The van der Waals surface area contributed by atoms with Crippen LogP contribution in [0.4, 0.5) is 5.82 Å². The number of nitrogen functional groups attached to an aromatic ring is 1. The molecule has 0 aliphatic heterocycles. The third kappa shape index (κ3) is 5.10. The van der Waals surface area contributed by atoms with Crippen molar-refractivity contribution in [2.45, 2.75) is 33.4 Å². The van der Waals surface area contributed by atoms with Gasteiger partial charge in [0.25, 0.3) is 0 Å². The molecule has 6 heteroatoms. The summed E-state index contributed by atoms with van der Waals surface area (Å²) in [6.07, 6.45) is 0. The van der Waals surface area contributed by atoms with Crippen LogP contribution >= 0.6 is 0 Å². The molecule has 1 aromatic rings. The molecule has 1 unspecified atom stereocenters. The Morgan fingerprint density at radius 2 is 2.05 bits per heavy atom. The molecule has 0 amide bonds. The van der Waals surface area contributed by atoms with Crippen LogP contribution < -0.4 is 11.3 Å². The lowest BCUT2D eigenvalue weighted by Gasteiger charge is -2.29. The van der Waals surface area contributed by atoms with Crippen molar-refractivity contribution < 1.29 is 0 Å². The molecule has 0 fully saturated rings. The Morgan fingerprint density at radius 1 is 1.37 bits per heavy atom. The van der Waals surface area contributed by atoms with Gasteiger partial charge in [0.05, 0.1) is 6.54 Å². The molecule has 0 aromatic carbocycles. The first-order valence-electron chi connectivity index (χ1n) is 6.66. The molecule has 0 spiro atoms. The molecule has 0 aliphatic carbocycles. The minimum Gasteiger partial charge on any atom is -0.308 e. The van der Waals surface area contributed by atoms with Crippen molar-refractivity contribution in [3.8, 4) is 0 Å². The molecule has 0 radical (unpaired) electrons. The maximum Gasteiger partial charge on any atom is 0.145 e. The summed E-state index contributed by atoms with van der Waals surface area (Å²) < 4.78 is 0. The molecule has 1 aromatic heterocycles. The van der Waals surface area contributed by atoms with Crippen LogP contribution in [0.15, 0.2) is 6.07 Å². The third-order valence-electron chi connectivity index (χ3n) is 3.05. The Labute approximate surface area is 116 Å². The summed E-state index contributed by atoms with van der Waals surface area (Å²) in [5.74, 6) is 6.89. The summed E-state index contributed by atoms with van der Waals surface area (Å²) in [7, 11) is 4.17. The van der Waals surface area contributed by atoms with Gasteiger partial charge >= 0.3 is 0 Å². The Morgan fingerprint density at radius 3 is 2.58 bits per heavy atom. The number of hydrazine groups is 1. The van der Waals surface area contributed by atoms with Gasteiger partial charge in [0.15, 0.2) is 0 Å². The number of hydrogen-bond donors (Lipinski definition) is 2. The average molecular weight is 266 g/mol. The highest BCUT2D eigenvalue weighted by Crippen LogP contribution is 2.09. The number of hydrogen-bond acceptors (Lipinski definition) is 6. The number of aryl methyl sites for hydroxylation is 1. The van der Waals surface area contributed by atoms with Gasteiger partial charge in [0, 0.05) is 24.3 Å². The fourth-order valence-corrected chi connectivity index (χ4v) is 2.18. The van der Waals surface area contributed by atoms with E-state index in [1.807, 2.05) is 13.0 Å². The summed E-state index contributed by atoms with van der Waals surface area (Å²) in [5, 5.41) is 0. The maximum absolute atomic E-state index is 5.42. The van der Waals surface area contributed by atoms with Gasteiger partial charge < -0.3 is 10.3 Å². The molecule has 1 heterocycles. The van der Waals surface area contributed by atoms with Crippen molar-refractivity contribution in [3.63, 3.8) is 0 Å². The average Bonchev–Trinajstić information content (AvgIpc) is 2.34. The van der Waals surface area contributed by atoms with E-state index in [1.54, 1.807) is 0 Å². The Kier molecular flexibility index (Phi) is 6.14. The predicted molar refractivity (Wildman–Crippen MR) is 78.7 cm³/mol. The zero-order valence-corrected chi connectivity index (χ0v) is 12.6. The molecule has 19 heavy (non-hydrogen) atoms. The van der Waals surface area contributed by atoms with Gasteiger partial charge in [-0.3, -0.25) is 4.90 Å². The van der Waals surface area contributed by atoms with E-state index in [9.17, 15) is 0 Å². The largest absolute Gasteiger partial charge is 0.308 e. The molecule has 1 rings (SSSR count). The number of nitrogens with two attached hydrogens (primary N) is 1. The fraction of sp³-hybridized carbons (Fsp3) is 0.692. The lowest BCUT2D eigenvalue weighted by atomic mass is 10.2. The number of nitrogens with one attached hydrogen (secondary N) is 1. The normalized spacial score (nSPS) is 13.1. The zero-order valence-electron chi connectivity index (χ0n) is 12.6. The van der Waals surface area contributed by atoms with Gasteiger partial charge in [-0.25, -0.2) is 15.8 Å². The maximum atomic E-state index is 5.42. The summed E-state index contributed by atoms with van der Waals surface area (Å²) >= 11 is 0. The van der Waals surface area contributed by atoms with Gasteiger partial charge in [-0.05, 0) is 34.5 Å². The summed E-state index contributed by atoms with van der Waals surface area (Å²) in [6.45, 7) is 9.05. The summed E-state index contributed by atoms with van der Waals surface area (Å²) in [6, 6.07) is 2.29. The third-order valence-corrected chi connectivity index (χ3v) is 3.05. The standard InChI is InChI=1S/C13H26N6/c1-6-19(11(3)8-18(4)5)9-13-15-10(2)7-12(16-13)17-14/h7,11H,6,8-9,14H2,1-5H3,(H,15,16,17). The van der Waals surface area contributed by atoms with Crippen LogP contribution in [0.1, 0.15) is 25.4 Å². The number of likely N-dealkylation sites (N-methyl/N-ethyl adjacent to an activating group) is 2. The van der Waals surface area contributed by atoms with E-state index in [0.717, 1.165) is 31.2 Å². The molecule has 0 saturated carbocycles. The lowest BCUT2D eigenvalue weighted by Crippen LogP contribution is -2.39. The van der Waals surface area contributed by atoms with Crippen molar-refractivity contribution >= 4 is 5.82 Å². The van der Waals surface area contributed by atoms with Gasteiger partial charge in [0.2, 0.25) is 0 Å².